The fourth-order valence-electron chi connectivity index (χ4n) is 2.73. The van der Waals surface area contributed by atoms with Crippen LogP contribution in [0.15, 0.2) is 0 Å². The van der Waals surface area contributed by atoms with E-state index < -0.39 is 0 Å². The molecule has 3 N–H and O–H groups in total. The minimum Gasteiger partial charge on any atom is -0.395 e. The summed E-state index contributed by atoms with van der Waals surface area (Å²) in [6, 6.07) is 0.728. The van der Waals surface area contributed by atoms with Gasteiger partial charge in [-0.25, -0.2) is 0 Å². The van der Waals surface area contributed by atoms with Crippen molar-refractivity contribution in [2.24, 2.45) is 17.6 Å². The van der Waals surface area contributed by atoms with Crippen molar-refractivity contribution in [2.45, 2.75) is 58.7 Å². The van der Waals surface area contributed by atoms with Crippen molar-refractivity contribution in [3.8, 4) is 0 Å². The van der Waals surface area contributed by atoms with Gasteiger partial charge in [0.25, 0.3) is 0 Å². The molecule has 96 valence electrons. The lowest BCUT2D eigenvalue weighted by atomic mass is 9.87. The normalized spacial score (nSPS) is 31.7. The Balaban J connectivity index is 2.71. The molecule has 1 aliphatic rings. The van der Waals surface area contributed by atoms with Gasteiger partial charge in [0, 0.05) is 18.1 Å². The molecule has 3 nitrogen and oxygen atoms in total. The van der Waals surface area contributed by atoms with Crippen LogP contribution >= 0.6 is 0 Å². The van der Waals surface area contributed by atoms with E-state index in [9.17, 15) is 5.11 Å². The van der Waals surface area contributed by atoms with Crippen LogP contribution in [0, 0.1) is 11.8 Å². The lowest BCUT2D eigenvalue weighted by molar-refractivity contribution is 0.0193. The number of nitrogens with two attached hydrogens (primary N) is 1. The van der Waals surface area contributed by atoms with Crippen molar-refractivity contribution in [3.63, 3.8) is 0 Å². The maximum atomic E-state index is 9.58. The van der Waals surface area contributed by atoms with Crippen LogP contribution in [0.2, 0.25) is 0 Å². The van der Waals surface area contributed by atoms with Gasteiger partial charge in [-0.1, -0.05) is 20.8 Å². The molecule has 0 radical (unpaired) electrons. The summed E-state index contributed by atoms with van der Waals surface area (Å²) in [7, 11) is 0. The lowest BCUT2D eigenvalue weighted by Crippen LogP contribution is -2.58. The van der Waals surface area contributed by atoms with Crippen molar-refractivity contribution in [1.82, 2.24) is 4.90 Å². The summed E-state index contributed by atoms with van der Waals surface area (Å²) in [5.74, 6) is 1.13. The predicted octanol–water partition coefficient (Wildman–Crippen LogP) is 1.45. The fraction of sp³-hybridized carbons (Fsp3) is 1.00. The van der Waals surface area contributed by atoms with Gasteiger partial charge >= 0.3 is 0 Å². The van der Waals surface area contributed by atoms with Crippen LogP contribution in [0.1, 0.15) is 40.5 Å². The first kappa shape index (κ1) is 13.9. The third-order valence-corrected chi connectivity index (χ3v) is 4.25. The molecule has 3 heteroatoms. The quantitative estimate of drug-likeness (QED) is 0.766. The molecule has 4 atom stereocenters. The molecule has 0 aromatic heterocycles. The van der Waals surface area contributed by atoms with Gasteiger partial charge in [-0.3, -0.25) is 4.90 Å². The van der Waals surface area contributed by atoms with Gasteiger partial charge < -0.3 is 10.8 Å². The minimum absolute atomic E-state index is 0.0674. The fourth-order valence-corrected chi connectivity index (χ4v) is 2.73. The van der Waals surface area contributed by atoms with Crippen LogP contribution in [0.25, 0.3) is 0 Å². The molecule has 0 bridgehead atoms. The molecule has 16 heavy (non-hydrogen) atoms. The Morgan fingerprint density at radius 3 is 2.50 bits per heavy atom. The predicted molar refractivity (Wildman–Crippen MR) is 68.3 cm³/mol. The summed E-state index contributed by atoms with van der Waals surface area (Å²) in [4.78, 5) is 2.42. The Hall–Kier alpha value is -0.120. The van der Waals surface area contributed by atoms with Gasteiger partial charge in [0.2, 0.25) is 0 Å². The topological polar surface area (TPSA) is 49.5 Å². The number of likely N-dealkylation sites (tertiary alicyclic amines) is 1. The zero-order chi connectivity index (χ0) is 12.3. The first-order chi connectivity index (χ1) is 7.49. The standard InChI is InChI=1S/C13H28N2O/c1-9(2)13(14)12(8-16)15-7-5-6-10(3)11(15)4/h9-13,16H,5-8,14H2,1-4H3. The first-order valence-electron chi connectivity index (χ1n) is 6.61. The maximum Gasteiger partial charge on any atom is 0.0602 e. The van der Waals surface area contributed by atoms with Crippen LogP contribution in [-0.4, -0.2) is 41.3 Å². The van der Waals surface area contributed by atoms with E-state index in [1.165, 1.54) is 12.8 Å². The zero-order valence-corrected chi connectivity index (χ0v) is 11.2. The molecule has 1 heterocycles. The molecule has 0 spiro atoms. The Morgan fingerprint density at radius 2 is 2.00 bits per heavy atom. The molecule has 1 fully saturated rings. The van der Waals surface area contributed by atoms with E-state index in [0.29, 0.717) is 17.9 Å². The van der Waals surface area contributed by atoms with Crippen LogP contribution in [0.4, 0.5) is 0 Å². The van der Waals surface area contributed by atoms with Gasteiger partial charge in [0.05, 0.1) is 6.61 Å². The van der Waals surface area contributed by atoms with Crippen molar-refractivity contribution >= 4 is 0 Å². The van der Waals surface area contributed by atoms with Gasteiger partial charge in [0.15, 0.2) is 0 Å². The second-order valence-electron chi connectivity index (χ2n) is 5.67. The van der Waals surface area contributed by atoms with E-state index in [0.717, 1.165) is 6.54 Å². The molecule has 0 aromatic carbocycles. The van der Waals surface area contributed by atoms with Gasteiger partial charge in [-0.2, -0.15) is 0 Å². The minimum atomic E-state index is 0.0674. The number of aliphatic hydroxyl groups excluding tert-OH is 1. The number of piperidine rings is 1. The highest BCUT2D eigenvalue weighted by molar-refractivity contribution is 4.90. The number of hydrogen-bond acceptors (Lipinski definition) is 3. The molecular weight excluding hydrogens is 200 g/mol. The van der Waals surface area contributed by atoms with E-state index in [-0.39, 0.29) is 18.7 Å². The van der Waals surface area contributed by atoms with Gasteiger partial charge in [-0.15, -0.1) is 0 Å². The molecule has 0 aliphatic carbocycles. The monoisotopic (exact) mass is 228 g/mol. The number of nitrogens with zero attached hydrogens (tertiary/aromatic N) is 1. The van der Waals surface area contributed by atoms with Gasteiger partial charge in [-0.05, 0) is 38.1 Å². The highest BCUT2D eigenvalue weighted by atomic mass is 16.3. The van der Waals surface area contributed by atoms with E-state index >= 15 is 0 Å². The van der Waals surface area contributed by atoms with E-state index in [1.807, 2.05) is 0 Å². The van der Waals surface area contributed by atoms with Crippen LogP contribution in [0.5, 0.6) is 0 Å². The zero-order valence-electron chi connectivity index (χ0n) is 11.2. The Morgan fingerprint density at radius 1 is 1.38 bits per heavy atom. The summed E-state index contributed by atoms with van der Waals surface area (Å²) >= 11 is 0. The lowest BCUT2D eigenvalue weighted by Gasteiger charge is -2.45. The highest BCUT2D eigenvalue weighted by Crippen LogP contribution is 2.26. The Kier molecular flexibility index (Phi) is 5.22. The molecular formula is C13H28N2O. The second kappa shape index (κ2) is 5.99. The SMILES string of the molecule is CC(C)C(N)C(CO)N1CCCC(C)C1C. The van der Waals surface area contributed by atoms with E-state index in [1.54, 1.807) is 0 Å². The Labute approximate surface area is 100 Å². The summed E-state index contributed by atoms with van der Waals surface area (Å²) in [5.41, 5.74) is 6.21. The van der Waals surface area contributed by atoms with Crippen molar-refractivity contribution in [3.05, 3.63) is 0 Å². The van der Waals surface area contributed by atoms with E-state index in [4.69, 9.17) is 5.73 Å². The third-order valence-electron chi connectivity index (χ3n) is 4.25. The first-order valence-corrected chi connectivity index (χ1v) is 6.61. The van der Waals surface area contributed by atoms with E-state index in [2.05, 4.69) is 32.6 Å². The molecule has 0 saturated carbocycles. The van der Waals surface area contributed by atoms with Crippen LogP contribution in [-0.2, 0) is 0 Å². The number of hydrogen-bond donors (Lipinski definition) is 2. The summed E-state index contributed by atoms with van der Waals surface area (Å²) in [5, 5.41) is 9.58. The molecule has 1 aliphatic heterocycles. The Bertz CT molecular complexity index is 204. The summed E-state index contributed by atoms with van der Waals surface area (Å²) in [6.07, 6.45) is 2.53. The second-order valence-corrected chi connectivity index (χ2v) is 5.67. The molecule has 0 amide bonds. The summed E-state index contributed by atoms with van der Waals surface area (Å²) in [6.45, 7) is 10.1. The smallest absolute Gasteiger partial charge is 0.0602 e. The van der Waals surface area contributed by atoms with Crippen molar-refractivity contribution in [2.75, 3.05) is 13.2 Å². The maximum absolute atomic E-state index is 9.58. The molecule has 1 saturated heterocycles. The van der Waals surface area contributed by atoms with Crippen molar-refractivity contribution < 1.29 is 5.11 Å². The van der Waals surface area contributed by atoms with Crippen LogP contribution in [0.3, 0.4) is 0 Å². The summed E-state index contributed by atoms with van der Waals surface area (Å²) < 4.78 is 0. The molecule has 0 aromatic rings. The average Bonchev–Trinajstić information content (AvgIpc) is 2.24. The largest absolute Gasteiger partial charge is 0.395 e. The number of rotatable bonds is 4. The van der Waals surface area contributed by atoms with Gasteiger partial charge in [0.1, 0.15) is 0 Å². The molecule has 4 unspecified atom stereocenters. The molecule has 1 rings (SSSR count). The van der Waals surface area contributed by atoms with Crippen LogP contribution < -0.4 is 5.73 Å². The third kappa shape index (κ3) is 2.96. The highest BCUT2D eigenvalue weighted by Gasteiger charge is 2.33. The van der Waals surface area contributed by atoms with Crippen molar-refractivity contribution in [1.29, 1.82) is 0 Å². The number of aliphatic hydroxyl groups is 1. The average molecular weight is 228 g/mol.